The molecule has 36 heavy (non-hydrogen) atoms. The van der Waals surface area contributed by atoms with Crippen LogP contribution in [0.15, 0.2) is 46.1 Å². The van der Waals surface area contributed by atoms with Gasteiger partial charge >= 0.3 is 24.0 Å². The zero-order chi connectivity index (χ0) is 25.7. The molecule has 4 aromatic heterocycles. The lowest BCUT2D eigenvalue weighted by Crippen LogP contribution is -2.10. The van der Waals surface area contributed by atoms with Gasteiger partial charge < -0.3 is 19.4 Å². The first kappa shape index (κ1) is 25.6. The fraction of sp³-hybridized carbons (Fsp3) is 0.308. The third-order valence-corrected chi connectivity index (χ3v) is 7.73. The second-order valence-electron chi connectivity index (χ2n) is 8.38. The van der Waals surface area contributed by atoms with Gasteiger partial charge in [0.1, 0.15) is 0 Å². The predicted molar refractivity (Wildman–Crippen MR) is 140 cm³/mol. The van der Waals surface area contributed by atoms with Crippen LogP contribution in [-0.2, 0) is 9.59 Å². The minimum Gasteiger partial charge on any atom is -0.389 e. The number of imidazole rings is 2. The largest absolute Gasteiger partial charge is 0.389 e. The number of nitrogens with one attached hydrogen (secondary N) is 2. The minimum absolute atomic E-state index is 0.0735. The number of aromatic nitrogens is 4. The maximum absolute atomic E-state index is 12.2. The standard InChI is InChI=1S/C26H28N4O4S2/c1-5-17(19-13-35-11-15(19)3)21-9-27-25(29-21)33-23(31)7-8-24(32)34-26-28-10-22(30-26)18(6-2)20-14-36-12-16(20)4/h7-14,17-18H,5-6H2,1-4H3,(H,27,29)(H,28,30)/b8-7+. The summed E-state index contributed by atoms with van der Waals surface area (Å²) in [6.07, 6.45) is 7.20. The molecule has 0 aliphatic rings. The molecule has 0 saturated heterocycles. The molecule has 2 unspecified atom stereocenters. The number of hydrogen-bond acceptors (Lipinski definition) is 8. The van der Waals surface area contributed by atoms with E-state index in [0.717, 1.165) is 36.4 Å². The number of aryl methyl sites for hydroxylation is 2. The maximum Gasteiger partial charge on any atom is 0.338 e. The minimum atomic E-state index is -0.744. The van der Waals surface area contributed by atoms with E-state index in [1.54, 1.807) is 35.1 Å². The first-order valence-electron chi connectivity index (χ1n) is 11.7. The summed E-state index contributed by atoms with van der Waals surface area (Å²) in [5.74, 6) is -1.27. The third kappa shape index (κ3) is 5.83. The fourth-order valence-corrected chi connectivity index (χ4v) is 5.93. The van der Waals surface area contributed by atoms with Crippen molar-refractivity contribution in [1.82, 2.24) is 19.9 Å². The summed E-state index contributed by atoms with van der Waals surface area (Å²) in [6, 6.07) is 0.147. The second-order valence-corrected chi connectivity index (χ2v) is 9.87. The van der Waals surface area contributed by atoms with Gasteiger partial charge in [-0.05, 0) is 70.5 Å². The van der Waals surface area contributed by atoms with Crippen LogP contribution in [-0.4, -0.2) is 31.9 Å². The number of rotatable bonds is 10. The monoisotopic (exact) mass is 524 g/mol. The molecule has 0 aliphatic heterocycles. The Morgan fingerprint density at radius 2 is 1.22 bits per heavy atom. The molecule has 0 amide bonds. The van der Waals surface area contributed by atoms with E-state index in [0.29, 0.717) is 0 Å². The van der Waals surface area contributed by atoms with Crippen LogP contribution in [0.25, 0.3) is 0 Å². The number of carbonyl (C=O) groups excluding carboxylic acids is 2. The molecule has 2 N–H and O–H groups in total. The van der Waals surface area contributed by atoms with E-state index in [1.807, 2.05) is 0 Å². The normalized spacial score (nSPS) is 13.1. The highest BCUT2D eigenvalue weighted by Crippen LogP contribution is 2.33. The summed E-state index contributed by atoms with van der Waals surface area (Å²) in [6.45, 7) is 8.32. The average Bonchev–Trinajstić information content (AvgIpc) is 3.66. The van der Waals surface area contributed by atoms with Crippen molar-refractivity contribution in [2.24, 2.45) is 0 Å². The number of aromatic amines is 2. The Balaban J connectivity index is 1.33. The van der Waals surface area contributed by atoms with Crippen LogP contribution in [0, 0.1) is 13.8 Å². The van der Waals surface area contributed by atoms with Crippen LogP contribution in [0.3, 0.4) is 0 Å². The van der Waals surface area contributed by atoms with Crippen molar-refractivity contribution in [3.63, 3.8) is 0 Å². The maximum atomic E-state index is 12.2. The molecule has 0 bridgehead atoms. The molecule has 4 rings (SSSR count). The molecular formula is C26H28N4O4S2. The first-order chi connectivity index (χ1) is 17.4. The van der Waals surface area contributed by atoms with Crippen LogP contribution in [0.2, 0.25) is 0 Å². The van der Waals surface area contributed by atoms with Gasteiger partial charge in [-0.1, -0.05) is 13.8 Å². The highest BCUT2D eigenvalue weighted by atomic mass is 32.1. The lowest BCUT2D eigenvalue weighted by atomic mass is 9.93. The molecule has 0 aliphatic carbocycles. The topological polar surface area (TPSA) is 110 Å². The van der Waals surface area contributed by atoms with Gasteiger partial charge in [-0.3, -0.25) is 0 Å². The molecule has 4 heterocycles. The molecular weight excluding hydrogens is 496 g/mol. The Morgan fingerprint density at radius 3 is 1.56 bits per heavy atom. The van der Waals surface area contributed by atoms with E-state index in [1.165, 1.54) is 22.3 Å². The van der Waals surface area contributed by atoms with Crippen molar-refractivity contribution in [2.45, 2.75) is 52.4 Å². The van der Waals surface area contributed by atoms with Gasteiger partial charge in [0.2, 0.25) is 0 Å². The lowest BCUT2D eigenvalue weighted by Gasteiger charge is -2.11. The summed E-state index contributed by atoms with van der Waals surface area (Å²) in [5, 5.41) is 8.44. The zero-order valence-corrected chi connectivity index (χ0v) is 22.2. The molecule has 4 aromatic rings. The summed E-state index contributed by atoms with van der Waals surface area (Å²) >= 11 is 3.31. The van der Waals surface area contributed by atoms with Crippen molar-refractivity contribution < 1.29 is 19.1 Å². The quantitative estimate of drug-likeness (QED) is 0.194. The number of H-pyrrole nitrogens is 2. The SMILES string of the molecule is CCC(c1c[nH]c(OC(=O)/C=C/C(=O)Oc2nc(C(CC)c3cscc3C)c[nH]2)n1)c1cscc1C. The van der Waals surface area contributed by atoms with Crippen molar-refractivity contribution in [3.05, 3.63) is 79.7 Å². The fourth-order valence-electron chi connectivity index (χ4n) is 4.12. The molecule has 10 heteroatoms. The van der Waals surface area contributed by atoms with Crippen molar-refractivity contribution in [2.75, 3.05) is 0 Å². The zero-order valence-electron chi connectivity index (χ0n) is 20.5. The highest BCUT2D eigenvalue weighted by Gasteiger charge is 2.20. The second kappa shape index (κ2) is 11.5. The van der Waals surface area contributed by atoms with Crippen molar-refractivity contribution in [3.8, 4) is 12.0 Å². The van der Waals surface area contributed by atoms with Gasteiger partial charge in [0, 0.05) is 36.4 Å². The van der Waals surface area contributed by atoms with Crippen LogP contribution in [0.1, 0.15) is 72.2 Å². The summed E-state index contributed by atoms with van der Waals surface area (Å²) in [7, 11) is 0. The Hall–Kier alpha value is -3.50. The molecule has 0 spiro atoms. The Labute approximate surface area is 217 Å². The Kier molecular flexibility index (Phi) is 8.17. The Bertz CT molecular complexity index is 1260. The summed E-state index contributed by atoms with van der Waals surface area (Å²) in [4.78, 5) is 39.0. The summed E-state index contributed by atoms with van der Waals surface area (Å²) in [5.41, 5.74) is 6.44. The van der Waals surface area contributed by atoms with Gasteiger partial charge in [0.25, 0.3) is 0 Å². The predicted octanol–water partition coefficient (Wildman–Crippen LogP) is 6.02. The van der Waals surface area contributed by atoms with Gasteiger partial charge in [-0.2, -0.15) is 32.6 Å². The van der Waals surface area contributed by atoms with Crippen molar-refractivity contribution >= 4 is 34.6 Å². The van der Waals surface area contributed by atoms with E-state index in [4.69, 9.17) is 9.47 Å². The first-order valence-corrected chi connectivity index (χ1v) is 13.6. The number of carbonyl (C=O) groups is 2. The Morgan fingerprint density at radius 1 is 0.806 bits per heavy atom. The van der Waals surface area contributed by atoms with Crippen LogP contribution >= 0.6 is 22.7 Å². The molecule has 8 nitrogen and oxygen atoms in total. The number of nitrogens with zero attached hydrogens (tertiary/aromatic N) is 2. The van der Waals surface area contributed by atoms with E-state index < -0.39 is 11.9 Å². The van der Waals surface area contributed by atoms with Gasteiger partial charge in [-0.25, -0.2) is 9.59 Å². The smallest absolute Gasteiger partial charge is 0.338 e. The van der Waals surface area contributed by atoms with Crippen LogP contribution in [0.5, 0.6) is 12.0 Å². The molecule has 188 valence electrons. The average molecular weight is 525 g/mol. The molecule has 0 aromatic carbocycles. The van der Waals surface area contributed by atoms with Crippen molar-refractivity contribution in [1.29, 1.82) is 0 Å². The number of thiophene rings is 2. The molecule has 0 fully saturated rings. The van der Waals surface area contributed by atoms with E-state index in [9.17, 15) is 9.59 Å². The molecule has 0 radical (unpaired) electrons. The van der Waals surface area contributed by atoms with E-state index in [2.05, 4.69) is 69.2 Å². The van der Waals surface area contributed by atoms with E-state index >= 15 is 0 Å². The highest BCUT2D eigenvalue weighted by molar-refractivity contribution is 7.08. The molecule has 0 saturated carbocycles. The third-order valence-electron chi connectivity index (χ3n) is 5.97. The van der Waals surface area contributed by atoms with Gasteiger partial charge in [0.15, 0.2) is 0 Å². The van der Waals surface area contributed by atoms with Crippen LogP contribution in [0.4, 0.5) is 0 Å². The lowest BCUT2D eigenvalue weighted by molar-refractivity contribution is -0.132. The number of hydrogen-bond donors (Lipinski definition) is 2. The van der Waals surface area contributed by atoms with Gasteiger partial charge in [-0.15, -0.1) is 0 Å². The van der Waals surface area contributed by atoms with Crippen LogP contribution < -0.4 is 9.47 Å². The van der Waals surface area contributed by atoms with Gasteiger partial charge in [0.05, 0.1) is 11.4 Å². The molecule has 2 atom stereocenters. The van der Waals surface area contributed by atoms with E-state index in [-0.39, 0.29) is 23.9 Å². The summed E-state index contributed by atoms with van der Waals surface area (Å²) < 4.78 is 10.4. The number of ether oxygens (including phenoxy) is 2. The number of esters is 2.